The number of carbonyl (C=O) groups is 1. The molecule has 3 rings (SSSR count). The van der Waals surface area contributed by atoms with Gasteiger partial charge in [0.25, 0.3) is 0 Å². The van der Waals surface area contributed by atoms with Crippen molar-refractivity contribution in [2.45, 2.75) is 6.42 Å². The fourth-order valence-corrected chi connectivity index (χ4v) is 2.59. The summed E-state index contributed by atoms with van der Waals surface area (Å²) in [7, 11) is 0. The molecule has 1 amide bonds. The molecule has 0 saturated carbocycles. The third kappa shape index (κ3) is 3.49. The SMILES string of the molecule is O=C(Cc1ccccc1)Nc1nnc(-c2ccncc2)s1. The lowest BCUT2D eigenvalue weighted by Crippen LogP contribution is -2.14. The molecule has 2 heterocycles. The number of rotatable bonds is 4. The van der Waals surface area contributed by atoms with Gasteiger partial charge in [0.1, 0.15) is 5.01 Å². The van der Waals surface area contributed by atoms with Crippen LogP contribution in [-0.4, -0.2) is 21.1 Å². The Labute approximate surface area is 125 Å². The van der Waals surface area contributed by atoms with Gasteiger partial charge in [-0.2, -0.15) is 0 Å². The van der Waals surface area contributed by atoms with E-state index >= 15 is 0 Å². The zero-order valence-electron chi connectivity index (χ0n) is 11.1. The summed E-state index contributed by atoms with van der Waals surface area (Å²) < 4.78 is 0. The molecule has 1 aromatic carbocycles. The van der Waals surface area contributed by atoms with Crippen LogP contribution in [0.3, 0.4) is 0 Å². The first-order valence-electron chi connectivity index (χ1n) is 6.39. The van der Waals surface area contributed by atoms with Gasteiger partial charge >= 0.3 is 0 Å². The smallest absolute Gasteiger partial charge is 0.230 e. The molecule has 0 spiro atoms. The van der Waals surface area contributed by atoms with Gasteiger partial charge in [-0.15, -0.1) is 10.2 Å². The predicted octanol–water partition coefficient (Wildman–Crippen LogP) is 2.78. The fourth-order valence-electron chi connectivity index (χ4n) is 1.83. The van der Waals surface area contributed by atoms with Gasteiger partial charge in [0.2, 0.25) is 11.0 Å². The molecule has 0 bridgehead atoms. The van der Waals surface area contributed by atoms with Crippen LogP contribution in [0.5, 0.6) is 0 Å². The van der Waals surface area contributed by atoms with E-state index in [1.807, 2.05) is 42.5 Å². The van der Waals surface area contributed by atoms with Crippen molar-refractivity contribution >= 4 is 22.4 Å². The zero-order valence-corrected chi connectivity index (χ0v) is 11.9. The third-order valence-electron chi connectivity index (χ3n) is 2.81. The third-order valence-corrected chi connectivity index (χ3v) is 3.69. The van der Waals surface area contributed by atoms with Crippen molar-refractivity contribution in [2.24, 2.45) is 0 Å². The molecule has 0 fully saturated rings. The maximum absolute atomic E-state index is 11.9. The van der Waals surface area contributed by atoms with E-state index in [-0.39, 0.29) is 5.91 Å². The Balaban J connectivity index is 1.66. The fraction of sp³-hybridized carbons (Fsp3) is 0.0667. The standard InChI is InChI=1S/C15H12N4OS/c20-13(10-11-4-2-1-3-5-11)17-15-19-18-14(21-15)12-6-8-16-9-7-12/h1-9H,10H2,(H,17,19,20). The summed E-state index contributed by atoms with van der Waals surface area (Å²) in [5.41, 5.74) is 1.90. The quantitative estimate of drug-likeness (QED) is 0.804. The lowest BCUT2D eigenvalue weighted by Gasteiger charge is -2.00. The van der Waals surface area contributed by atoms with Crippen molar-refractivity contribution in [1.82, 2.24) is 15.2 Å². The Morgan fingerprint density at radius 3 is 2.57 bits per heavy atom. The van der Waals surface area contributed by atoms with Crippen LogP contribution in [-0.2, 0) is 11.2 Å². The lowest BCUT2D eigenvalue weighted by atomic mass is 10.1. The number of hydrogen-bond acceptors (Lipinski definition) is 5. The molecule has 0 saturated heterocycles. The molecule has 5 nitrogen and oxygen atoms in total. The first kappa shape index (κ1) is 13.4. The largest absolute Gasteiger partial charge is 0.300 e. The van der Waals surface area contributed by atoms with E-state index < -0.39 is 0 Å². The molecule has 104 valence electrons. The normalized spacial score (nSPS) is 10.3. The van der Waals surface area contributed by atoms with Gasteiger partial charge in [0.15, 0.2) is 0 Å². The number of amides is 1. The average molecular weight is 296 g/mol. The molecule has 0 atom stereocenters. The molecule has 2 aromatic heterocycles. The number of carbonyl (C=O) groups excluding carboxylic acids is 1. The summed E-state index contributed by atoms with van der Waals surface area (Å²) >= 11 is 1.34. The first-order valence-corrected chi connectivity index (χ1v) is 7.20. The Kier molecular flexibility index (Phi) is 3.97. The van der Waals surface area contributed by atoms with E-state index in [2.05, 4.69) is 20.5 Å². The maximum atomic E-state index is 11.9. The summed E-state index contributed by atoms with van der Waals surface area (Å²) in [6.07, 6.45) is 3.72. The van der Waals surface area contributed by atoms with Crippen LogP contribution in [0, 0.1) is 0 Å². The van der Waals surface area contributed by atoms with Crippen molar-refractivity contribution in [3.05, 3.63) is 60.4 Å². The van der Waals surface area contributed by atoms with Gasteiger partial charge in [-0.1, -0.05) is 41.7 Å². The number of benzene rings is 1. The topological polar surface area (TPSA) is 67.8 Å². The number of aromatic nitrogens is 3. The minimum atomic E-state index is -0.0985. The lowest BCUT2D eigenvalue weighted by molar-refractivity contribution is -0.115. The highest BCUT2D eigenvalue weighted by Crippen LogP contribution is 2.25. The summed E-state index contributed by atoms with van der Waals surface area (Å²) in [5, 5.41) is 12.1. The Morgan fingerprint density at radius 1 is 1.05 bits per heavy atom. The molecular weight excluding hydrogens is 284 g/mol. The monoisotopic (exact) mass is 296 g/mol. The molecule has 0 unspecified atom stereocenters. The second-order valence-corrected chi connectivity index (χ2v) is 5.34. The minimum Gasteiger partial charge on any atom is -0.300 e. The second kappa shape index (κ2) is 6.23. The minimum absolute atomic E-state index is 0.0985. The summed E-state index contributed by atoms with van der Waals surface area (Å²) in [4.78, 5) is 15.9. The van der Waals surface area contributed by atoms with Crippen LogP contribution in [0.1, 0.15) is 5.56 Å². The molecule has 0 aliphatic rings. The number of nitrogens with zero attached hydrogens (tertiary/aromatic N) is 3. The molecule has 3 aromatic rings. The van der Waals surface area contributed by atoms with Gasteiger partial charge < -0.3 is 5.32 Å². The Bertz CT molecular complexity index is 728. The van der Waals surface area contributed by atoms with Gasteiger partial charge in [-0.05, 0) is 17.7 Å². The van der Waals surface area contributed by atoms with Crippen LogP contribution >= 0.6 is 11.3 Å². The van der Waals surface area contributed by atoms with Gasteiger partial charge in [-0.25, -0.2) is 0 Å². The maximum Gasteiger partial charge on any atom is 0.230 e. The molecule has 1 N–H and O–H groups in total. The van der Waals surface area contributed by atoms with Crippen LogP contribution < -0.4 is 5.32 Å². The summed E-state index contributed by atoms with van der Waals surface area (Å²) in [6.45, 7) is 0. The summed E-state index contributed by atoms with van der Waals surface area (Å²) in [5.74, 6) is -0.0985. The van der Waals surface area contributed by atoms with Crippen molar-refractivity contribution in [3.63, 3.8) is 0 Å². The first-order chi connectivity index (χ1) is 10.3. The zero-order chi connectivity index (χ0) is 14.5. The van der Waals surface area contributed by atoms with Crippen molar-refractivity contribution < 1.29 is 4.79 Å². The molecule has 21 heavy (non-hydrogen) atoms. The molecule has 6 heteroatoms. The number of anilines is 1. The second-order valence-electron chi connectivity index (χ2n) is 4.36. The highest BCUT2D eigenvalue weighted by Gasteiger charge is 2.09. The van der Waals surface area contributed by atoms with E-state index in [0.717, 1.165) is 16.1 Å². The van der Waals surface area contributed by atoms with E-state index in [1.165, 1.54) is 11.3 Å². The van der Waals surface area contributed by atoms with Gasteiger partial charge in [0.05, 0.1) is 6.42 Å². The van der Waals surface area contributed by atoms with Gasteiger partial charge in [0, 0.05) is 18.0 Å². The molecule has 0 radical (unpaired) electrons. The number of nitrogens with one attached hydrogen (secondary N) is 1. The summed E-state index contributed by atoms with van der Waals surface area (Å²) in [6, 6.07) is 13.3. The number of pyridine rings is 1. The predicted molar refractivity (Wildman–Crippen MR) is 81.9 cm³/mol. The average Bonchev–Trinajstić information content (AvgIpc) is 2.97. The van der Waals surface area contributed by atoms with E-state index in [0.29, 0.717) is 11.6 Å². The van der Waals surface area contributed by atoms with Crippen LogP contribution in [0.2, 0.25) is 0 Å². The Morgan fingerprint density at radius 2 is 1.81 bits per heavy atom. The Hall–Kier alpha value is -2.60. The highest BCUT2D eigenvalue weighted by molar-refractivity contribution is 7.18. The van der Waals surface area contributed by atoms with Crippen molar-refractivity contribution in [1.29, 1.82) is 0 Å². The molecule has 0 aliphatic heterocycles. The van der Waals surface area contributed by atoms with Crippen molar-refractivity contribution in [2.75, 3.05) is 5.32 Å². The molecular formula is C15H12N4OS. The highest BCUT2D eigenvalue weighted by atomic mass is 32.1. The van der Waals surface area contributed by atoms with Crippen LogP contribution in [0.15, 0.2) is 54.9 Å². The van der Waals surface area contributed by atoms with Gasteiger partial charge in [-0.3, -0.25) is 9.78 Å². The van der Waals surface area contributed by atoms with E-state index in [9.17, 15) is 4.79 Å². The van der Waals surface area contributed by atoms with Crippen LogP contribution in [0.4, 0.5) is 5.13 Å². The van der Waals surface area contributed by atoms with E-state index in [4.69, 9.17) is 0 Å². The number of hydrogen-bond donors (Lipinski definition) is 1. The van der Waals surface area contributed by atoms with E-state index in [1.54, 1.807) is 12.4 Å². The van der Waals surface area contributed by atoms with Crippen molar-refractivity contribution in [3.8, 4) is 10.6 Å². The van der Waals surface area contributed by atoms with Crippen LogP contribution in [0.25, 0.3) is 10.6 Å². The molecule has 0 aliphatic carbocycles.